The molecule has 0 fully saturated rings. The number of para-hydroxylation sites is 1. The number of hydrogen-bond acceptors (Lipinski definition) is 3. The molecule has 7 nitrogen and oxygen atoms in total. The Balaban J connectivity index is 1.50. The summed E-state index contributed by atoms with van der Waals surface area (Å²) in [6.45, 7) is 5.08. The minimum absolute atomic E-state index is 0.128. The highest BCUT2D eigenvalue weighted by Crippen LogP contribution is 2.29. The predicted octanol–water partition coefficient (Wildman–Crippen LogP) is 3.59. The van der Waals surface area contributed by atoms with Crippen LogP contribution < -0.4 is 5.32 Å². The van der Waals surface area contributed by atoms with Crippen LogP contribution in [0.25, 0.3) is 22.0 Å². The van der Waals surface area contributed by atoms with Gasteiger partial charge in [0.2, 0.25) is 5.91 Å². The maximum Gasteiger partial charge on any atom is 0.247 e. The number of hydrogen-bond donors (Lipinski definition) is 2. The van der Waals surface area contributed by atoms with Gasteiger partial charge in [-0.25, -0.2) is 4.68 Å². The molecule has 0 atom stereocenters. The molecule has 0 bridgehead atoms. The molecule has 4 aromatic rings. The van der Waals surface area contributed by atoms with Crippen LogP contribution in [0, 0.1) is 6.92 Å². The molecule has 0 radical (unpaired) electrons. The number of carbonyl (C=O) groups excluding carboxylic acids is 1. The fourth-order valence-corrected chi connectivity index (χ4v) is 3.29. The number of aryl methyl sites for hydroxylation is 2. The van der Waals surface area contributed by atoms with E-state index in [1.807, 2.05) is 18.5 Å². The number of aromatic amines is 1. The van der Waals surface area contributed by atoms with Crippen LogP contribution in [0.4, 0.5) is 5.82 Å². The molecule has 7 heteroatoms. The average molecular weight is 362 g/mol. The highest BCUT2D eigenvalue weighted by molar-refractivity contribution is 5.96. The Labute approximate surface area is 157 Å². The van der Waals surface area contributed by atoms with Crippen molar-refractivity contribution in [2.75, 3.05) is 5.32 Å². The molecule has 0 aliphatic heterocycles. The number of H-pyrrole nitrogens is 1. The summed E-state index contributed by atoms with van der Waals surface area (Å²) in [6.07, 6.45) is 8.32. The Hall–Kier alpha value is -3.35. The van der Waals surface area contributed by atoms with Gasteiger partial charge in [-0.2, -0.15) is 10.2 Å². The van der Waals surface area contributed by atoms with Crippen molar-refractivity contribution in [1.29, 1.82) is 0 Å². The molecule has 138 valence electrons. The van der Waals surface area contributed by atoms with E-state index in [-0.39, 0.29) is 12.5 Å². The molecule has 1 amide bonds. The second-order valence-corrected chi connectivity index (χ2v) is 6.61. The van der Waals surface area contributed by atoms with Gasteiger partial charge >= 0.3 is 0 Å². The Kier molecular flexibility index (Phi) is 4.50. The molecule has 27 heavy (non-hydrogen) atoms. The van der Waals surface area contributed by atoms with Crippen molar-refractivity contribution >= 4 is 22.6 Å². The first-order valence-corrected chi connectivity index (χ1v) is 9.07. The standard InChI is InChI=1S/C20H22N6O/c1-3-9-26-18(7-8-22-26)24-19(27)13-25-12-15(10-23-25)17-11-21-20-14(2)5-4-6-16(17)20/h4-8,10-12,21H,3,9,13H2,1-2H3,(H,24,27). The third kappa shape index (κ3) is 3.36. The molecule has 0 unspecified atom stereocenters. The molecule has 3 aromatic heterocycles. The number of anilines is 1. The molecular weight excluding hydrogens is 340 g/mol. The quantitative estimate of drug-likeness (QED) is 0.550. The van der Waals surface area contributed by atoms with E-state index in [1.54, 1.807) is 27.8 Å². The van der Waals surface area contributed by atoms with E-state index in [2.05, 4.69) is 46.5 Å². The summed E-state index contributed by atoms with van der Waals surface area (Å²) in [5.41, 5.74) is 4.40. The second kappa shape index (κ2) is 7.11. The topological polar surface area (TPSA) is 80.5 Å². The van der Waals surface area contributed by atoms with Gasteiger partial charge in [0.1, 0.15) is 12.4 Å². The maximum absolute atomic E-state index is 12.4. The normalized spacial score (nSPS) is 11.2. The van der Waals surface area contributed by atoms with Crippen LogP contribution in [0.1, 0.15) is 18.9 Å². The highest BCUT2D eigenvalue weighted by atomic mass is 16.2. The van der Waals surface area contributed by atoms with Crippen LogP contribution in [-0.2, 0) is 17.9 Å². The molecule has 2 N–H and O–H groups in total. The van der Waals surface area contributed by atoms with E-state index >= 15 is 0 Å². The van der Waals surface area contributed by atoms with E-state index in [9.17, 15) is 4.79 Å². The third-order valence-electron chi connectivity index (χ3n) is 4.59. The van der Waals surface area contributed by atoms with Gasteiger partial charge in [0.05, 0.1) is 12.4 Å². The molecule has 0 spiro atoms. The zero-order valence-corrected chi connectivity index (χ0v) is 15.4. The minimum Gasteiger partial charge on any atom is -0.360 e. The summed E-state index contributed by atoms with van der Waals surface area (Å²) in [5.74, 6) is 0.582. The summed E-state index contributed by atoms with van der Waals surface area (Å²) in [4.78, 5) is 15.7. The smallest absolute Gasteiger partial charge is 0.247 e. The van der Waals surface area contributed by atoms with E-state index in [0.717, 1.165) is 35.0 Å². The summed E-state index contributed by atoms with van der Waals surface area (Å²) >= 11 is 0. The molecular formula is C20H22N6O. The molecule has 0 saturated carbocycles. The number of amides is 1. The van der Waals surface area contributed by atoms with Crippen molar-refractivity contribution in [2.45, 2.75) is 33.4 Å². The largest absolute Gasteiger partial charge is 0.360 e. The summed E-state index contributed by atoms with van der Waals surface area (Å²) < 4.78 is 3.44. The van der Waals surface area contributed by atoms with Crippen molar-refractivity contribution in [3.63, 3.8) is 0 Å². The van der Waals surface area contributed by atoms with Crippen LogP contribution >= 0.6 is 0 Å². The molecule has 4 rings (SSSR count). The van der Waals surface area contributed by atoms with Gasteiger partial charge in [-0.15, -0.1) is 0 Å². The Morgan fingerprint density at radius 1 is 1.26 bits per heavy atom. The molecule has 0 aliphatic rings. The van der Waals surface area contributed by atoms with Gasteiger partial charge in [-0.3, -0.25) is 9.48 Å². The number of rotatable bonds is 6. The Morgan fingerprint density at radius 3 is 3.00 bits per heavy atom. The second-order valence-electron chi connectivity index (χ2n) is 6.61. The van der Waals surface area contributed by atoms with E-state index < -0.39 is 0 Å². The van der Waals surface area contributed by atoms with Crippen LogP contribution in [0.2, 0.25) is 0 Å². The SMILES string of the molecule is CCCn1nccc1NC(=O)Cn1cc(-c2c[nH]c3c(C)cccc23)cn1. The van der Waals surface area contributed by atoms with E-state index in [0.29, 0.717) is 5.82 Å². The number of nitrogens with zero attached hydrogens (tertiary/aromatic N) is 4. The van der Waals surface area contributed by atoms with Crippen LogP contribution in [0.3, 0.4) is 0 Å². The van der Waals surface area contributed by atoms with Crippen molar-refractivity contribution in [1.82, 2.24) is 24.5 Å². The fourth-order valence-electron chi connectivity index (χ4n) is 3.29. The van der Waals surface area contributed by atoms with E-state index in [4.69, 9.17) is 0 Å². The fraction of sp³-hybridized carbons (Fsp3) is 0.250. The van der Waals surface area contributed by atoms with Crippen molar-refractivity contribution in [3.05, 3.63) is 54.6 Å². The van der Waals surface area contributed by atoms with Crippen LogP contribution in [0.5, 0.6) is 0 Å². The first-order chi connectivity index (χ1) is 13.2. The monoisotopic (exact) mass is 362 g/mol. The van der Waals surface area contributed by atoms with E-state index in [1.165, 1.54) is 5.56 Å². The third-order valence-corrected chi connectivity index (χ3v) is 4.59. The van der Waals surface area contributed by atoms with Gasteiger partial charge in [0, 0.05) is 47.0 Å². The zero-order valence-electron chi connectivity index (χ0n) is 15.4. The lowest BCUT2D eigenvalue weighted by atomic mass is 10.1. The zero-order chi connectivity index (χ0) is 18.8. The number of fused-ring (bicyclic) bond motifs is 1. The summed E-state index contributed by atoms with van der Waals surface area (Å²) in [6, 6.07) is 8.02. The van der Waals surface area contributed by atoms with Crippen LogP contribution in [-0.4, -0.2) is 30.5 Å². The van der Waals surface area contributed by atoms with Gasteiger partial charge in [0.25, 0.3) is 0 Å². The average Bonchev–Trinajstić information content (AvgIpc) is 3.36. The van der Waals surface area contributed by atoms with Gasteiger partial charge in [0.15, 0.2) is 0 Å². The summed E-state index contributed by atoms with van der Waals surface area (Å²) in [5, 5.41) is 12.6. The Morgan fingerprint density at radius 2 is 2.15 bits per heavy atom. The van der Waals surface area contributed by atoms with Gasteiger partial charge in [-0.05, 0) is 18.9 Å². The minimum atomic E-state index is -0.128. The predicted molar refractivity (Wildman–Crippen MR) is 105 cm³/mol. The lowest BCUT2D eigenvalue weighted by molar-refractivity contribution is -0.116. The maximum atomic E-state index is 12.4. The molecule has 0 aliphatic carbocycles. The van der Waals surface area contributed by atoms with Crippen molar-refractivity contribution in [2.24, 2.45) is 0 Å². The first kappa shape index (κ1) is 17.1. The number of benzene rings is 1. The summed E-state index contributed by atoms with van der Waals surface area (Å²) in [7, 11) is 0. The number of aromatic nitrogens is 5. The number of nitrogens with one attached hydrogen (secondary N) is 2. The number of carbonyl (C=O) groups is 1. The lowest BCUT2D eigenvalue weighted by Gasteiger charge is -2.08. The molecule has 3 heterocycles. The highest BCUT2D eigenvalue weighted by Gasteiger charge is 2.12. The van der Waals surface area contributed by atoms with Gasteiger partial charge < -0.3 is 10.3 Å². The first-order valence-electron chi connectivity index (χ1n) is 9.07. The molecule has 0 saturated heterocycles. The molecule has 1 aromatic carbocycles. The lowest BCUT2D eigenvalue weighted by Crippen LogP contribution is -2.21. The van der Waals surface area contributed by atoms with Gasteiger partial charge in [-0.1, -0.05) is 25.1 Å². The van der Waals surface area contributed by atoms with Crippen LogP contribution in [0.15, 0.2) is 49.1 Å². The van der Waals surface area contributed by atoms with Crippen molar-refractivity contribution < 1.29 is 4.79 Å². The van der Waals surface area contributed by atoms with Crippen molar-refractivity contribution in [3.8, 4) is 11.1 Å². The Bertz CT molecular complexity index is 1090.